The monoisotopic (exact) mass is 331 g/mol. The molecule has 1 fully saturated rings. The summed E-state index contributed by atoms with van der Waals surface area (Å²) in [6.07, 6.45) is 3.03. The van der Waals surface area contributed by atoms with Gasteiger partial charge < -0.3 is 4.42 Å². The van der Waals surface area contributed by atoms with Crippen LogP contribution in [0, 0.1) is 5.82 Å². The molecule has 1 saturated heterocycles. The lowest BCUT2D eigenvalue weighted by atomic mass is 10.2. The maximum Gasteiger partial charge on any atom is 0.242 e. The molecule has 118 valence electrons. The van der Waals surface area contributed by atoms with Crippen LogP contribution in [0.15, 0.2) is 57.3 Å². The summed E-state index contributed by atoms with van der Waals surface area (Å²) in [6.45, 7) is 2.16. The van der Waals surface area contributed by atoms with Gasteiger partial charge in [-0.05, 0) is 36.8 Å². The summed E-state index contributed by atoms with van der Waals surface area (Å²) in [4.78, 5) is 13.8. The van der Waals surface area contributed by atoms with Crippen LogP contribution in [-0.4, -0.2) is 27.4 Å². The second kappa shape index (κ2) is 6.78. The third-order valence-electron chi connectivity index (χ3n) is 3.25. The largest absolute Gasteiger partial charge is 0.463 e. The summed E-state index contributed by atoms with van der Waals surface area (Å²) >= 11 is 1.35. The van der Waals surface area contributed by atoms with Crippen molar-refractivity contribution in [2.24, 2.45) is 10.2 Å². The molecule has 0 bridgehead atoms. The van der Waals surface area contributed by atoms with E-state index in [4.69, 9.17) is 4.42 Å². The molecular weight excluding hydrogens is 317 g/mol. The number of amidine groups is 1. The minimum atomic E-state index is -0.304. The molecule has 0 radical (unpaired) electrons. The lowest BCUT2D eigenvalue weighted by molar-refractivity contribution is -0.126. The quantitative estimate of drug-likeness (QED) is 0.638. The summed E-state index contributed by atoms with van der Waals surface area (Å²) in [5.74, 6) is 0.245. The number of carbonyl (C=O) groups is 1. The van der Waals surface area contributed by atoms with E-state index in [0.29, 0.717) is 17.5 Å². The smallest absolute Gasteiger partial charge is 0.242 e. The van der Waals surface area contributed by atoms with Gasteiger partial charge in [0.25, 0.3) is 0 Å². The molecule has 7 heteroatoms. The zero-order valence-electron chi connectivity index (χ0n) is 12.3. The van der Waals surface area contributed by atoms with Crippen molar-refractivity contribution >= 4 is 29.1 Å². The Labute approximate surface area is 136 Å². The maximum absolute atomic E-state index is 13.0. The molecule has 0 unspecified atom stereocenters. The summed E-state index contributed by atoms with van der Waals surface area (Å²) in [5, 5.41) is 8.39. The molecule has 1 atom stereocenters. The fourth-order valence-corrected chi connectivity index (χ4v) is 3.00. The van der Waals surface area contributed by atoms with Crippen molar-refractivity contribution in [1.82, 2.24) is 4.90 Å². The van der Waals surface area contributed by atoms with E-state index in [9.17, 15) is 9.18 Å². The van der Waals surface area contributed by atoms with Gasteiger partial charge in [0.1, 0.15) is 11.6 Å². The summed E-state index contributed by atoms with van der Waals surface area (Å²) in [5.41, 5.74) is 0.831. The summed E-state index contributed by atoms with van der Waals surface area (Å²) in [6, 6.07) is 9.57. The highest BCUT2D eigenvalue weighted by Gasteiger charge is 2.35. The number of thioether (sulfide) groups is 1. The number of furan rings is 1. The van der Waals surface area contributed by atoms with E-state index >= 15 is 0 Å². The first-order valence-electron chi connectivity index (χ1n) is 7.00. The van der Waals surface area contributed by atoms with Crippen molar-refractivity contribution < 1.29 is 13.6 Å². The average Bonchev–Trinajstić information content (AvgIpc) is 3.14. The van der Waals surface area contributed by atoms with Crippen LogP contribution in [0.3, 0.4) is 0 Å². The van der Waals surface area contributed by atoms with Crippen molar-refractivity contribution in [3.05, 3.63) is 59.8 Å². The molecule has 2 aromatic rings. The van der Waals surface area contributed by atoms with Crippen LogP contribution in [0.2, 0.25) is 0 Å². The zero-order chi connectivity index (χ0) is 16.2. The summed E-state index contributed by atoms with van der Waals surface area (Å²) < 4.78 is 18.1. The van der Waals surface area contributed by atoms with Crippen molar-refractivity contribution in [1.29, 1.82) is 0 Å². The van der Waals surface area contributed by atoms with Crippen molar-refractivity contribution in [2.75, 3.05) is 0 Å². The van der Waals surface area contributed by atoms with Crippen molar-refractivity contribution in [3.8, 4) is 0 Å². The van der Waals surface area contributed by atoms with E-state index in [1.165, 1.54) is 30.1 Å². The first-order valence-corrected chi connectivity index (χ1v) is 7.88. The number of hydrogen-bond donors (Lipinski definition) is 0. The van der Waals surface area contributed by atoms with Gasteiger partial charge in [-0.3, -0.25) is 9.69 Å². The molecule has 5 nitrogen and oxygen atoms in total. The van der Waals surface area contributed by atoms with Crippen LogP contribution in [-0.2, 0) is 11.3 Å². The maximum atomic E-state index is 13.0. The molecule has 0 saturated carbocycles. The molecular formula is C16H14FN3O2S. The van der Waals surface area contributed by atoms with Gasteiger partial charge in [-0.1, -0.05) is 23.9 Å². The van der Waals surface area contributed by atoms with Gasteiger partial charge in [0.15, 0.2) is 5.17 Å². The SMILES string of the molecule is C[C@@H]1S/C(=N/N=C\c2ccco2)N(Cc2ccc(F)cc2)C1=O. The standard InChI is InChI=1S/C16H14FN3O2S/c1-11-15(21)20(10-12-4-6-13(17)7-5-12)16(23-11)19-18-9-14-3-2-8-22-14/h2-9,11H,10H2,1H3/b18-9-,19-16+/t11-/m0/s1. The summed E-state index contributed by atoms with van der Waals surface area (Å²) in [7, 11) is 0. The molecule has 0 spiro atoms. The van der Waals surface area contributed by atoms with E-state index in [1.807, 2.05) is 6.92 Å². The van der Waals surface area contributed by atoms with Gasteiger partial charge in [0, 0.05) is 0 Å². The predicted molar refractivity (Wildman–Crippen MR) is 87.7 cm³/mol. The normalized spacial score (nSPS) is 20.1. The van der Waals surface area contributed by atoms with E-state index in [0.717, 1.165) is 5.56 Å². The third kappa shape index (κ3) is 3.68. The Hall–Kier alpha value is -2.41. The molecule has 1 aromatic heterocycles. The van der Waals surface area contributed by atoms with Crippen LogP contribution >= 0.6 is 11.8 Å². The van der Waals surface area contributed by atoms with Gasteiger partial charge in [-0.2, -0.15) is 5.10 Å². The molecule has 1 aromatic carbocycles. The molecule has 23 heavy (non-hydrogen) atoms. The second-order valence-corrected chi connectivity index (χ2v) is 6.26. The second-order valence-electron chi connectivity index (χ2n) is 4.95. The highest BCUT2D eigenvalue weighted by atomic mass is 32.2. The number of benzene rings is 1. The van der Waals surface area contributed by atoms with Crippen LogP contribution in [0.4, 0.5) is 4.39 Å². The lowest BCUT2D eigenvalue weighted by Crippen LogP contribution is -2.30. The Morgan fingerprint density at radius 3 is 2.83 bits per heavy atom. The minimum Gasteiger partial charge on any atom is -0.463 e. The molecule has 0 N–H and O–H groups in total. The van der Waals surface area contributed by atoms with Crippen LogP contribution in [0.5, 0.6) is 0 Å². The number of carbonyl (C=O) groups excluding carboxylic acids is 1. The van der Waals surface area contributed by atoms with Gasteiger partial charge in [0.2, 0.25) is 5.91 Å². The predicted octanol–water partition coefficient (Wildman–Crippen LogP) is 3.27. The highest BCUT2D eigenvalue weighted by Crippen LogP contribution is 2.28. The number of halogens is 1. The van der Waals surface area contributed by atoms with E-state index in [1.54, 1.807) is 35.4 Å². The van der Waals surface area contributed by atoms with Crippen molar-refractivity contribution in [3.63, 3.8) is 0 Å². The van der Waals surface area contributed by atoms with Crippen molar-refractivity contribution in [2.45, 2.75) is 18.7 Å². The molecule has 1 aliphatic heterocycles. The Morgan fingerprint density at radius 1 is 1.35 bits per heavy atom. The average molecular weight is 331 g/mol. The molecule has 1 aliphatic rings. The van der Waals surface area contributed by atoms with Gasteiger partial charge in [-0.15, -0.1) is 5.10 Å². The van der Waals surface area contributed by atoms with Gasteiger partial charge in [-0.25, -0.2) is 4.39 Å². The molecule has 1 amide bonds. The minimum absolute atomic E-state index is 0.0359. The fraction of sp³-hybridized carbons (Fsp3) is 0.188. The third-order valence-corrected chi connectivity index (χ3v) is 4.32. The Balaban J connectivity index is 1.77. The fourth-order valence-electron chi connectivity index (χ4n) is 2.08. The Morgan fingerprint density at radius 2 is 2.13 bits per heavy atom. The zero-order valence-corrected chi connectivity index (χ0v) is 13.2. The number of hydrogen-bond acceptors (Lipinski definition) is 5. The number of nitrogens with zero attached hydrogens (tertiary/aromatic N) is 3. The number of amides is 1. The van der Waals surface area contributed by atoms with Crippen LogP contribution < -0.4 is 0 Å². The first kappa shape index (κ1) is 15.5. The number of rotatable bonds is 4. The Bertz CT molecular complexity index is 741. The van der Waals surface area contributed by atoms with Gasteiger partial charge >= 0.3 is 0 Å². The molecule has 0 aliphatic carbocycles. The van der Waals surface area contributed by atoms with Crippen LogP contribution in [0.1, 0.15) is 18.2 Å². The first-order chi connectivity index (χ1) is 11.1. The van der Waals surface area contributed by atoms with Crippen LogP contribution in [0.25, 0.3) is 0 Å². The lowest BCUT2D eigenvalue weighted by Gasteiger charge is -2.15. The molecule has 3 rings (SSSR count). The topological polar surface area (TPSA) is 58.2 Å². The van der Waals surface area contributed by atoms with Gasteiger partial charge in [0.05, 0.1) is 24.3 Å². The van der Waals surface area contributed by atoms with E-state index in [-0.39, 0.29) is 17.0 Å². The highest BCUT2D eigenvalue weighted by molar-refractivity contribution is 8.15. The molecule has 2 heterocycles. The Kier molecular flexibility index (Phi) is 4.57. The van der Waals surface area contributed by atoms with E-state index in [2.05, 4.69) is 10.2 Å². The van der Waals surface area contributed by atoms with E-state index < -0.39 is 0 Å².